The van der Waals surface area contributed by atoms with Gasteiger partial charge in [0.25, 0.3) is 0 Å². The molecule has 1 heterocycles. The molecule has 6 nitrogen and oxygen atoms in total. The number of ether oxygens (including phenoxy) is 2. The highest BCUT2D eigenvalue weighted by Gasteiger charge is 2.32. The summed E-state index contributed by atoms with van der Waals surface area (Å²) in [5, 5.41) is 0. The number of rotatable bonds is 2. The first kappa shape index (κ1) is 15.5. The molecule has 0 radical (unpaired) electrons. The Hall–Kier alpha value is -1.59. The van der Waals surface area contributed by atoms with Crippen LogP contribution in [0.15, 0.2) is 0 Å². The lowest BCUT2D eigenvalue weighted by Gasteiger charge is -2.33. The minimum atomic E-state index is -0.566. The summed E-state index contributed by atoms with van der Waals surface area (Å²) in [6.07, 6.45) is -0.168. The molecule has 1 aliphatic rings. The van der Waals surface area contributed by atoms with Crippen LogP contribution in [0.25, 0.3) is 0 Å². The quantitative estimate of drug-likeness (QED) is 0.709. The van der Waals surface area contributed by atoms with E-state index in [-0.39, 0.29) is 25.4 Å². The van der Waals surface area contributed by atoms with Crippen LogP contribution >= 0.6 is 0 Å². The van der Waals surface area contributed by atoms with Crippen molar-refractivity contribution >= 4 is 17.8 Å². The van der Waals surface area contributed by atoms with Crippen LogP contribution < -0.4 is 0 Å². The van der Waals surface area contributed by atoms with Crippen LogP contribution in [0.4, 0.5) is 4.79 Å². The van der Waals surface area contributed by atoms with Crippen molar-refractivity contribution in [2.45, 2.75) is 39.7 Å². The summed E-state index contributed by atoms with van der Waals surface area (Å²) >= 11 is 0. The van der Waals surface area contributed by atoms with E-state index in [4.69, 9.17) is 9.47 Å². The number of amides is 1. The van der Waals surface area contributed by atoms with E-state index in [0.717, 1.165) is 0 Å². The predicted molar refractivity (Wildman–Crippen MR) is 67.6 cm³/mol. The van der Waals surface area contributed by atoms with Crippen LogP contribution in [0.2, 0.25) is 0 Å². The van der Waals surface area contributed by atoms with Gasteiger partial charge in [0.1, 0.15) is 18.0 Å². The lowest BCUT2D eigenvalue weighted by atomic mass is 9.98. The first-order valence-electron chi connectivity index (χ1n) is 6.33. The maximum Gasteiger partial charge on any atom is 0.410 e. The Morgan fingerprint density at radius 3 is 2.53 bits per heavy atom. The summed E-state index contributed by atoms with van der Waals surface area (Å²) in [4.78, 5) is 35.8. The molecule has 0 saturated carbocycles. The monoisotopic (exact) mass is 271 g/mol. The van der Waals surface area contributed by atoms with E-state index in [9.17, 15) is 14.4 Å². The molecule has 1 saturated heterocycles. The molecule has 0 aliphatic carbocycles. The van der Waals surface area contributed by atoms with Crippen LogP contribution in [0.3, 0.4) is 0 Å². The highest BCUT2D eigenvalue weighted by Crippen LogP contribution is 2.17. The maximum absolute atomic E-state index is 11.9. The standard InChI is InChI=1S/C13H21NO5/c1-9(15)18-8-10-7-14(6-5-11(10)16)12(17)19-13(2,3)4/h10H,5-8H2,1-4H3/t10-/m1/s1. The Balaban J connectivity index is 2.56. The van der Waals surface area contributed by atoms with Crippen molar-refractivity contribution in [1.82, 2.24) is 4.90 Å². The van der Waals surface area contributed by atoms with E-state index >= 15 is 0 Å². The average Bonchev–Trinajstić information content (AvgIpc) is 2.25. The van der Waals surface area contributed by atoms with Gasteiger partial charge in [-0.2, -0.15) is 0 Å². The van der Waals surface area contributed by atoms with Gasteiger partial charge in [0.15, 0.2) is 0 Å². The Bertz CT molecular complexity index is 372. The molecule has 0 N–H and O–H groups in total. The number of carbonyl (C=O) groups excluding carboxylic acids is 3. The van der Waals surface area contributed by atoms with E-state index in [1.54, 1.807) is 20.8 Å². The van der Waals surface area contributed by atoms with Crippen molar-refractivity contribution in [3.05, 3.63) is 0 Å². The summed E-state index contributed by atoms with van der Waals surface area (Å²) in [5.41, 5.74) is -0.566. The van der Waals surface area contributed by atoms with Gasteiger partial charge >= 0.3 is 12.1 Å². The van der Waals surface area contributed by atoms with Crippen LogP contribution in [0.1, 0.15) is 34.1 Å². The van der Waals surface area contributed by atoms with Gasteiger partial charge in [-0.05, 0) is 20.8 Å². The molecule has 0 bridgehead atoms. The zero-order valence-corrected chi connectivity index (χ0v) is 11.9. The van der Waals surface area contributed by atoms with Crippen molar-refractivity contribution in [2.75, 3.05) is 19.7 Å². The second-order valence-electron chi connectivity index (χ2n) is 5.64. The fourth-order valence-electron chi connectivity index (χ4n) is 1.76. The highest BCUT2D eigenvalue weighted by atomic mass is 16.6. The van der Waals surface area contributed by atoms with E-state index < -0.39 is 23.6 Å². The number of Topliss-reactive ketones (excluding diaryl/α,β-unsaturated/α-hetero) is 1. The number of nitrogens with zero attached hydrogens (tertiary/aromatic N) is 1. The maximum atomic E-state index is 11.9. The Labute approximate surface area is 113 Å². The summed E-state index contributed by atoms with van der Waals surface area (Å²) in [6, 6.07) is 0. The van der Waals surface area contributed by atoms with Crippen molar-refractivity contribution in [2.24, 2.45) is 5.92 Å². The Kier molecular flexibility index (Phi) is 4.91. The zero-order chi connectivity index (χ0) is 14.6. The molecule has 0 aromatic rings. The van der Waals surface area contributed by atoms with Crippen molar-refractivity contribution in [3.63, 3.8) is 0 Å². The van der Waals surface area contributed by atoms with E-state index in [1.807, 2.05) is 0 Å². The topological polar surface area (TPSA) is 72.9 Å². The van der Waals surface area contributed by atoms with Crippen LogP contribution in [0, 0.1) is 5.92 Å². The normalized spacial score (nSPS) is 20.1. The molecule has 6 heteroatoms. The third-order valence-electron chi connectivity index (χ3n) is 2.66. The van der Waals surface area contributed by atoms with Gasteiger partial charge in [-0.1, -0.05) is 0 Å². The molecular weight excluding hydrogens is 250 g/mol. The minimum absolute atomic E-state index is 0.0149. The smallest absolute Gasteiger partial charge is 0.410 e. The lowest BCUT2D eigenvalue weighted by Crippen LogP contribution is -2.47. The molecule has 1 amide bonds. The van der Waals surface area contributed by atoms with E-state index in [1.165, 1.54) is 11.8 Å². The summed E-state index contributed by atoms with van der Waals surface area (Å²) < 4.78 is 10.1. The third-order valence-corrected chi connectivity index (χ3v) is 2.66. The lowest BCUT2D eigenvalue weighted by molar-refractivity contribution is -0.144. The number of hydrogen-bond acceptors (Lipinski definition) is 5. The third kappa shape index (κ3) is 5.28. The molecule has 1 fully saturated rings. The molecule has 1 atom stereocenters. The van der Waals surface area contributed by atoms with Gasteiger partial charge in [-0.3, -0.25) is 9.59 Å². The number of likely N-dealkylation sites (tertiary alicyclic amines) is 1. The largest absolute Gasteiger partial charge is 0.465 e. The molecule has 108 valence electrons. The van der Waals surface area contributed by atoms with E-state index in [0.29, 0.717) is 6.54 Å². The van der Waals surface area contributed by atoms with Crippen LogP contribution in [-0.4, -0.2) is 48.0 Å². The van der Waals surface area contributed by atoms with Gasteiger partial charge < -0.3 is 14.4 Å². The number of ketones is 1. The van der Waals surface area contributed by atoms with Crippen molar-refractivity contribution < 1.29 is 23.9 Å². The molecule has 1 aliphatic heterocycles. The van der Waals surface area contributed by atoms with Gasteiger partial charge in [-0.15, -0.1) is 0 Å². The SMILES string of the molecule is CC(=O)OC[C@H]1CN(C(=O)OC(C)(C)C)CCC1=O. The fourth-order valence-corrected chi connectivity index (χ4v) is 1.76. The van der Waals surface area contributed by atoms with Crippen LogP contribution in [0.5, 0.6) is 0 Å². The van der Waals surface area contributed by atoms with Crippen molar-refractivity contribution in [1.29, 1.82) is 0 Å². The van der Waals surface area contributed by atoms with Gasteiger partial charge in [0.05, 0.1) is 5.92 Å². The molecule has 1 rings (SSSR count). The number of carbonyl (C=O) groups is 3. The summed E-state index contributed by atoms with van der Waals surface area (Å²) in [6.45, 7) is 7.26. The van der Waals surface area contributed by atoms with Gasteiger partial charge in [0.2, 0.25) is 0 Å². The first-order valence-corrected chi connectivity index (χ1v) is 6.33. The van der Waals surface area contributed by atoms with E-state index in [2.05, 4.69) is 0 Å². The Morgan fingerprint density at radius 1 is 1.37 bits per heavy atom. The summed E-state index contributed by atoms with van der Waals surface area (Å²) in [5.74, 6) is -0.867. The molecule has 19 heavy (non-hydrogen) atoms. The van der Waals surface area contributed by atoms with Crippen LogP contribution in [-0.2, 0) is 19.1 Å². The molecule has 0 aromatic heterocycles. The predicted octanol–water partition coefficient (Wildman–Crippen LogP) is 1.38. The summed E-state index contributed by atoms with van der Waals surface area (Å²) in [7, 11) is 0. The Morgan fingerprint density at radius 2 is 2.00 bits per heavy atom. The zero-order valence-electron chi connectivity index (χ0n) is 11.9. The second kappa shape index (κ2) is 6.04. The highest BCUT2D eigenvalue weighted by molar-refractivity contribution is 5.84. The van der Waals surface area contributed by atoms with Crippen molar-refractivity contribution in [3.8, 4) is 0 Å². The van der Waals surface area contributed by atoms with Gasteiger partial charge in [0, 0.05) is 26.4 Å². The first-order chi connectivity index (χ1) is 8.69. The second-order valence-corrected chi connectivity index (χ2v) is 5.64. The minimum Gasteiger partial charge on any atom is -0.465 e. The fraction of sp³-hybridized carbons (Fsp3) is 0.769. The van der Waals surface area contributed by atoms with Gasteiger partial charge in [-0.25, -0.2) is 4.79 Å². The average molecular weight is 271 g/mol. The molecule has 0 aromatic carbocycles. The number of hydrogen-bond donors (Lipinski definition) is 0. The molecular formula is C13H21NO5. The number of esters is 1. The molecule has 0 spiro atoms. The number of piperidine rings is 1. The molecule has 0 unspecified atom stereocenters.